The van der Waals surface area contributed by atoms with E-state index in [2.05, 4.69) is 64.2 Å². The van der Waals surface area contributed by atoms with E-state index in [9.17, 15) is 9.90 Å². The lowest BCUT2D eigenvalue weighted by atomic mass is 10.00. The van der Waals surface area contributed by atoms with Crippen LogP contribution >= 0.6 is 11.6 Å². The van der Waals surface area contributed by atoms with Crippen LogP contribution in [0.4, 0.5) is 5.69 Å². The number of aliphatic hydroxyl groups excluding tert-OH is 1. The molecule has 1 aliphatic rings. The van der Waals surface area contributed by atoms with Crippen molar-refractivity contribution in [1.29, 1.82) is 0 Å². The summed E-state index contributed by atoms with van der Waals surface area (Å²) in [6.07, 6.45) is -0.178. The number of halogens is 1. The summed E-state index contributed by atoms with van der Waals surface area (Å²) in [5.74, 6) is -0.211. The van der Waals surface area contributed by atoms with Crippen LogP contribution in [0.2, 0.25) is 0 Å². The highest BCUT2D eigenvalue weighted by Gasteiger charge is 2.29. The Labute approximate surface area is 177 Å². The van der Waals surface area contributed by atoms with Crippen molar-refractivity contribution in [3.63, 3.8) is 0 Å². The molecule has 1 heterocycles. The lowest BCUT2D eigenvalue weighted by Crippen LogP contribution is -2.49. The molecule has 0 aliphatic carbocycles. The highest BCUT2D eigenvalue weighted by atomic mass is 35.5. The molecule has 0 unspecified atom stereocenters. The number of fused-ring (bicyclic) bond motifs is 1. The molecule has 2 aromatic carbocycles. The van der Waals surface area contributed by atoms with Crippen molar-refractivity contribution in [2.24, 2.45) is 5.92 Å². The maximum Gasteiger partial charge on any atom is 0.225 e. The molecule has 0 radical (unpaired) electrons. The summed E-state index contributed by atoms with van der Waals surface area (Å²) in [5.41, 5.74) is 1.85. The zero-order chi connectivity index (χ0) is 20.8. The van der Waals surface area contributed by atoms with Crippen LogP contribution in [0.15, 0.2) is 54.7 Å². The predicted octanol–water partition coefficient (Wildman–Crippen LogP) is 3.22. The van der Waals surface area contributed by atoms with Crippen LogP contribution in [-0.2, 0) is 4.79 Å². The topological polar surface area (TPSA) is 55.8 Å². The number of alkyl halides is 1. The third-order valence-electron chi connectivity index (χ3n) is 5.63. The van der Waals surface area contributed by atoms with Crippen LogP contribution in [0, 0.1) is 5.92 Å². The van der Waals surface area contributed by atoms with Crippen molar-refractivity contribution in [3.8, 4) is 0 Å². The number of benzene rings is 2. The maximum absolute atomic E-state index is 12.2. The number of carbonyl (C=O) groups excluding carboxylic acids is 1. The van der Waals surface area contributed by atoms with Crippen LogP contribution in [0.25, 0.3) is 10.8 Å². The molecule has 1 fully saturated rings. The van der Waals surface area contributed by atoms with E-state index in [-0.39, 0.29) is 5.91 Å². The minimum Gasteiger partial charge on any atom is -0.386 e. The zero-order valence-corrected chi connectivity index (χ0v) is 17.7. The van der Waals surface area contributed by atoms with E-state index in [4.69, 9.17) is 11.6 Å². The summed E-state index contributed by atoms with van der Waals surface area (Å²) < 4.78 is 0. The van der Waals surface area contributed by atoms with E-state index in [1.165, 1.54) is 16.5 Å². The van der Waals surface area contributed by atoms with E-state index in [0.717, 1.165) is 26.2 Å². The largest absolute Gasteiger partial charge is 0.386 e. The minimum atomic E-state index is -0.893. The van der Waals surface area contributed by atoms with Crippen molar-refractivity contribution in [2.45, 2.75) is 19.4 Å². The lowest BCUT2D eigenvalue weighted by Gasteiger charge is -2.40. The molecule has 0 bridgehead atoms. The van der Waals surface area contributed by atoms with Gasteiger partial charge in [-0.15, -0.1) is 11.6 Å². The fourth-order valence-electron chi connectivity index (χ4n) is 3.78. The molecule has 2 aromatic rings. The van der Waals surface area contributed by atoms with Gasteiger partial charge in [-0.2, -0.15) is 0 Å². The Hall–Kier alpha value is -2.24. The Morgan fingerprint density at radius 3 is 2.59 bits per heavy atom. The number of amides is 1. The monoisotopic (exact) mass is 415 g/mol. The van der Waals surface area contributed by atoms with Gasteiger partial charge in [-0.3, -0.25) is 4.79 Å². The maximum atomic E-state index is 12.2. The summed E-state index contributed by atoms with van der Waals surface area (Å²) >= 11 is 5.64. The molecule has 3 rings (SSSR count). The summed E-state index contributed by atoms with van der Waals surface area (Å²) in [7, 11) is 0. The first-order valence-corrected chi connectivity index (χ1v) is 10.7. The van der Waals surface area contributed by atoms with Crippen molar-refractivity contribution in [3.05, 3.63) is 54.7 Å². The van der Waals surface area contributed by atoms with Crippen molar-refractivity contribution < 1.29 is 9.90 Å². The standard InChI is InChI=1S/C23H30ClN3O2/c1-17(23(29)25-12-6-11-24)22(28)18(2)26-13-15-27(16-14-26)21-10-5-8-19-7-3-4-9-20(19)21/h3-5,7-10,17,22,28H,2,6,11-16H2,1H3,(H,25,29)/t17-,22-/m1/s1. The number of hydrogen-bond donors (Lipinski definition) is 2. The molecule has 6 heteroatoms. The Morgan fingerprint density at radius 1 is 1.17 bits per heavy atom. The van der Waals surface area contributed by atoms with Crippen molar-refractivity contribution in [1.82, 2.24) is 10.2 Å². The fraction of sp³-hybridized carbons (Fsp3) is 0.435. The van der Waals surface area contributed by atoms with E-state index in [1.807, 2.05) is 0 Å². The van der Waals surface area contributed by atoms with Gasteiger partial charge in [-0.05, 0) is 17.9 Å². The number of rotatable bonds is 8. The molecule has 1 aliphatic heterocycles. The zero-order valence-electron chi connectivity index (χ0n) is 17.0. The molecular formula is C23H30ClN3O2. The second-order valence-corrected chi connectivity index (χ2v) is 7.91. The number of anilines is 1. The number of aliphatic hydroxyl groups is 1. The summed E-state index contributed by atoms with van der Waals surface area (Å²) in [6.45, 7) is 9.55. The van der Waals surface area contributed by atoms with Gasteiger partial charge in [-0.25, -0.2) is 0 Å². The molecule has 2 N–H and O–H groups in total. The Morgan fingerprint density at radius 2 is 1.86 bits per heavy atom. The van der Waals surface area contributed by atoms with Crippen molar-refractivity contribution in [2.75, 3.05) is 43.5 Å². The van der Waals surface area contributed by atoms with Gasteiger partial charge < -0.3 is 20.2 Å². The first kappa shape index (κ1) is 21.5. The number of piperazine rings is 1. The molecule has 0 spiro atoms. The highest BCUT2D eigenvalue weighted by Crippen LogP contribution is 2.28. The highest BCUT2D eigenvalue weighted by molar-refractivity contribution is 6.17. The second-order valence-electron chi connectivity index (χ2n) is 7.53. The Balaban J connectivity index is 1.58. The molecule has 1 saturated heterocycles. The van der Waals surface area contributed by atoms with Gasteiger partial charge in [0.05, 0.1) is 5.92 Å². The second kappa shape index (κ2) is 9.99. The van der Waals surface area contributed by atoms with E-state index < -0.39 is 12.0 Å². The molecule has 156 valence electrons. The van der Waals surface area contributed by atoms with Crippen LogP contribution in [0.5, 0.6) is 0 Å². The van der Waals surface area contributed by atoms with Crippen LogP contribution in [0.3, 0.4) is 0 Å². The minimum absolute atomic E-state index is 0.168. The summed E-state index contributed by atoms with van der Waals surface area (Å²) in [5, 5.41) is 16.0. The smallest absolute Gasteiger partial charge is 0.225 e. The average molecular weight is 416 g/mol. The van der Waals surface area contributed by atoms with Gasteiger partial charge >= 0.3 is 0 Å². The van der Waals surface area contributed by atoms with E-state index in [1.54, 1.807) is 6.92 Å². The number of nitrogens with one attached hydrogen (secondary N) is 1. The Kier molecular flexibility index (Phi) is 7.40. The van der Waals surface area contributed by atoms with Gasteiger partial charge in [-0.1, -0.05) is 49.9 Å². The molecule has 2 atom stereocenters. The van der Waals surface area contributed by atoms with Gasteiger partial charge in [0.15, 0.2) is 0 Å². The number of carbonyl (C=O) groups is 1. The molecule has 1 amide bonds. The average Bonchev–Trinajstić information content (AvgIpc) is 2.77. The third-order valence-corrected chi connectivity index (χ3v) is 5.90. The van der Waals surface area contributed by atoms with Crippen LogP contribution in [-0.4, -0.2) is 60.6 Å². The SMILES string of the molecule is C=C([C@H](O)[C@@H](C)C(=O)NCCCCl)N1CCN(c2cccc3ccccc23)CC1. The molecule has 0 saturated carbocycles. The quantitative estimate of drug-likeness (QED) is 0.513. The molecule has 0 aromatic heterocycles. The number of nitrogens with zero attached hydrogens (tertiary/aromatic N) is 2. The van der Waals surface area contributed by atoms with Gasteiger partial charge in [0.2, 0.25) is 5.91 Å². The normalized spacial score (nSPS) is 16.5. The van der Waals surface area contributed by atoms with Crippen LogP contribution in [0.1, 0.15) is 13.3 Å². The lowest BCUT2D eigenvalue weighted by molar-refractivity contribution is -0.127. The first-order valence-electron chi connectivity index (χ1n) is 10.2. The summed E-state index contributed by atoms with van der Waals surface area (Å²) in [6, 6.07) is 14.8. The van der Waals surface area contributed by atoms with E-state index >= 15 is 0 Å². The molecule has 5 nitrogen and oxygen atoms in total. The van der Waals surface area contributed by atoms with Crippen LogP contribution < -0.4 is 10.2 Å². The van der Waals surface area contributed by atoms with Gasteiger partial charge in [0, 0.05) is 55.4 Å². The van der Waals surface area contributed by atoms with Gasteiger partial charge in [0.25, 0.3) is 0 Å². The third kappa shape index (κ3) is 5.03. The van der Waals surface area contributed by atoms with Crippen molar-refractivity contribution >= 4 is 34.0 Å². The molecule has 29 heavy (non-hydrogen) atoms. The first-order chi connectivity index (χ1) is 14.0. The number of hydrogen-bond acceptors (Lipinski definition) is 4. The molecular weight excluding hydrogens is 386 g/mol. The summed E-state index contributed by atoms with van der Waals surface area (Å²) in [4.78, 5) is 16.7. The Bertz CT molecular complexity index is 844. The predicted molar refractivity (Wildman–Crippen MR) is 120 cm³/mol. The van der Waals surface area contributed by atoms with E-state index in [0.29, 0.717) is 24.5 Å². The van der Waals surface area contributed by atoms with Gasteiger partial charge in [0.1, 0.15) is 6.10 Å². The fourth-order valence-corrected chi connectivity index (χ4v) is 3.91.